The van der Waals surface area contributed by atoms with Crippen molar-refractivity contribution >= 4 is 23.5 Å². The minimum Gasteiger partial charge on any atom is -0.464 e. The topological polar surface area (TPSA) is 162 Å². The van der Waals surface area contributed by atoms with Crippen molar-refractivity contribution in [3.8, 4) is 0 Å². The fourth-order valence-corrected chi connectivity index (χ4v) is 2.94. The molecule has 3 rings (SSSR count). The predicted molar refractivity (Wildman–Crippen MR) is 95.3 cm³/mol. The maximum atomic E-state index is 12.7. The van der Waals surface area contributed by atoms with E-state index in [4.69, 9.17) is 4.74 Å². The van der Waals surface area contributed by atoms with Crippen LogP contribution in [0.2, 0.25) is 0 Å². The fraction of sp³-hybridized carbons (Fsp3) is 0.235. The first-order valence-electron chi connectivity index (χ1n) is 8.38. The van der Waals surface area contributed by atoms with Crippen LogP contribution in [-0.2, 0) is 16.1 Å². The first-order valence-corrected chi connectivity index (χ1v) is 8.38. The maximum Gasteiger partial charge on any atom is 0.350 e. The number of amides is 2. The number of carbonyl (C=O) groups excluding carboxylic acids is 3. The summed E-state index contributed by atoms with van der Waals surface area (Å²) in [7, 11) is 0. The third-order valence-electron chi connectivity index (χ3n) is 4.25. The number of benzene rings is 1. The molecule has 2 aromatic rings. The summed E-state index contributed by atoms with van der Waals surface area (Å²) < 4.78 is 5.59. The zero-order chi connectivity index (χ0) is 21.3. The van der Waals surface area contributed by atoms with Gasteiger partial charge in [0.25, 0.3) is 11.8 Å². The Kier molecular flexibility index (Phi) is 5.08. The number of carbonyl (C=O) groups is 3. The highest BCUT2D eigenvalue weighted by Gasteiger charge is 2.43. The van der Waals surface area contributed by atoms with Crippen LogP contribution >= 0.6 is 0 Å². The van der Waals surface area contributed by atoms with E-state index in [0.29, 0.717) is 15.7 Å². The number of aromatic nitrogens is 2. The van der Waals surface area contributed by atoms with Gasteiger partial charge >= 0.3 is 22.9 Å². The smallest absolute Gasteiger partial charge is 0.350 e. The number of nitrogens with one attached hydrogen (secondary N) is 1. The predicted octanol–water partition coefficient (Wildman–Crippen LogP) is -0.327. The molecule has 12 nitrogen and oxygen atoms in total. The Morgan fingerprint density at radius 2 is 1.76 bits per heavy atom. The van der Waals surface area contributed by atoms with Gasteiger partial charge in [-0.3, -0.25) is 38.9 Å². The summed E-state index contributed by atoms with van der Waals surface area (Å²) >= 11 is 0. The van der Waals surface area contributed by atoms with Crippen LogP contribution in [0.15, 0.2) is 40.1 Å². The van der Waals surface area contributed by atoms with Crippen molar-refractivity contribution < 1.29 is 24.0 Å². The lowest BCUT2D eigenvalue weighted by atomic mass is 10.1. The summed E-state index contributed by atoms with van der Waals surface area (Å²) in [6, 6.07) is 4.33. The van der Waals surface area contributed by atoms with Crippen LogP contribution in [0.25, 0.3) is 0 Å². The number of H-pyrrole nitrogens is 1. The lowest BCUT2D eigenvalue weighted by Crippen LogP contribution is -2.49. The number of aromatic amines is 1. The van der Waals surface area contributed by atoms with E-state index >= 15 is 0 Å². The van der Waals surface area contributed by atoms with Gasteiger partial charge in [-0.25, -0.2) is 9.59 Å². The van der Waals surface area contributed by atoms with Crippen molar-refractivity contribution in [2.75, 3.05) is 6.61 Å². The highest BCUT2D eigenvalue weighted by atomic mass is 16.6. The minimum atomic E-state index is -1.58. The van der Waals surface area contributed by atoms with E-state index in [-0.39, 0.29) is 17.7 Å². The molecule has 0 spiro atoms. The molecule has 1 atom stereocenters. The summed E-state index contributed by atoms with van der Waals surface area (Å²) in [6.45, 7) is 0.800. The first kappa shape index (κ1) is 19.7. The molecule has 1 N–H and O–H groups in total. The van der Waals surface area contributed by atoms with E-state index in [9.17, 15) is 34.1 Å². The Balaban J connectivity index is 2.06. The lowest BCUT2D eigenvalue weighted by Gasteiger charge is -2.24. The third-order valence-corrected chi connectivity index (χ3v) is 4.25. The Morgan fingerprint density at radius 3 is 2.28 bits per heavy atom. The van der Waals surface area contributed by atoms with Gasteiger partial charge in [0, 0.05) is 0 Å². The van der Waals surface area contributed by atoms with Gasteiger partial charge in [-0.1, -0.05) is 12.1 Å². The molecule has 150 valence electrons. The monoisotopic (exact) mass is 402 g/mol. The van der Waals surface area contributed by atoms with Gasteiger partial charge in [0.1, 0.15) is 0 Å². The van der Waals surface area contributed by atoms with Crippen LogP contribution in [0, 0.1) is 10.1 Å². The molecule has 2 heterocycles. The third kappa shape index (κ3) is 3.42. The number of imide groups is 1. The summed E-state index contributed by atoms with van der Waals surface area (Å²) in [5.74, 6) is -2.52. The summed E-state index contributed by atoms with van der Waals surface area (Å²) in [4.78, 5) is 73.9. The molecule has 1 unspecified atom stereocenters. The van der Waals surface area contributed by atoms with Crippen molar-refractivity contribution in [2.45, 2.75) is 19.5 Å². The minimum absolute atomic E-state index is 0.0703. The average Bonchev–Trinajstić information content (AvgIpc) is 2.92. The molecule has 0 fully saturated rings. The normalized spacial score (nSPS) is 13.9. The second-order valence-electron chi connectivity index (χ2n) is 5.98. The Morgan fingerprint density at radius 1 is 1.17 bits per heavy atom. The standard InChI is InChI=1S/C17H14N4O8/c1-2-29-16(25)12(8-19-7-11(21(27)28)13(22)18-17(19)26)20-14(23)9-5-3-4-6-10(9)15(20)24/h3-7,12H,2,8H2,1H3,(H,18,22,26). The van der Waals surface area contributed by atoms with Crippen molar-refractivity contribution in [1.82, 2.24) is 14.5 Å². The number of ether oxygens (including phenoxy) is 1. The highest BCUT2D eigenvalue weighted by Crippen LogP contribution is 2.25. The Labute approximate surface area is 161 Å². The molecule has 0 saturated carbocycles. The maximum absolute atomic E-state index is 12.7. The van der Waals surface area contributed by atoms with Crippen molar-refractivity contribution in [2.24, 2.45) is 0 Å². The van der Waals surface area contributed by atoms with E-state index in [1.807, 2.05) is 0 Å². The molecule has 0 aliphatic carbocycles. The van der Waals surface area contributed by atoms with Gasteiger partial charge in [-0.15, -0.1) is 0 Å². The van der Waals surface area contributed by atoms with Crippen molar-refractivity contribution in [3.05, 3.63) is 72.5 Å². The quantitative estimate of drug-likeness (QED) is 0.297. The van der Waals surface area contributed by atoms with Crippen LogP contribution in [0.5, 0.6) is 0 Å². The SMILES string of the molecule is CCOC(=O)C(Cn1cc([N+](=O)[O-])c(=O)[nH]c1=O)N1C(=O)c2ccccc2C1=O. The number of hydrogen-bond donors (Lipinski definition) is 1. The van der Waals surface area contributed by atoms with Crippen LogP contribution in [0.3, 0.4) is 0 Å². The molecule has 12 heteroatoms. The molecule has 0 saturated heterocycles. The average molecular weight is 402 g/mol. The van der Waals surface area contributed by atoms with Crippen LogP contribution in [0.1, 0.15) is 27.6 Å². The van der Waals surface area contributed by atoms with Gasteiger partial charge in [0.2, 0.25) is 0 Å². The molecule has 1 aromatic heterocycles. The zero-order valence-electron chi connectivity index (χ0n) is 15.0. The van der Waals surface area contributed by atoms with Crippen molar-refractivity contribution in [1.29, 1.82) is 0 Å². The number of nitrogens with zero attached hydrogens (tertiary/aromatic N) is 3. The summed E-state index contributed by atoms with van der Waals surface area (Å²) in [5.41, 5.74) is -3.05. The molecule has 1 aliphatic heterocycles. The second kappa shape index (κ2) is 7.50. The summed E-state index contributed by atoms with van der Waals surface area (Å²) in [6.07, 6.45) is 0.644. The van der Waals surface area contributed by atoms with Crippen molar-refractivity contribution in [3.63, 3.8) is 0 Å². The lowest BCUT2D eigenvalue weighted by molar-refractivity contribution is -0.386. The molecule has 0 radical (unpaired) electrons. The molecule has 29 heavy (non-hydrogen) atoms. The number of nitro groups is 1. The number of hydrogen-bond acceptors (Lipinski definition) is 8. The molecule has 0 bridgehead atoms. The number of fused-ring (bicyclic) bond motifs is 1. The second-order valence-corrected chi connectivity index (χ2v) is 5.98. The van der Waals surface area contributed by atoms with Crippen LogP contribution in [-0.4, -0.2) is 49.8 Å². The number of esters is 1. The first-order chi connectivity index (χ1) is 13.8. The molecule has 2 amide bonds. The van der Waals surface area contributed by atoms with Gasteiger partial charge in [0.15, 0.2) is 6.04 Å². The largest absolute Gasteiger partial charge is 0.464 e. The van der Waals surface area contributed by atoms with E-state index in [1.54, 1.807) is 17.1 Å². The van der Waals surface area contributed by atoms with E-state index < -0.39 is 52.2 Å². The van der Waals surface area contributed by atoms with Gasteiger partial charge in [-0.05, 0) is 19.1 Å². The Hall–Kier alpha value is -4.09. The van der Waals surface area contributed by atoms with E-state index in [0.717, 1.165) is 0 Å². The van der Waals surface area contributed by atoms with Gasteiger partial charge in [0.05, 0.1) is 35.4 Å². The van der Waals surface area contributed by atoms with Gasteiger partial charge in [-0.2, -0.15) is 0 Å². The zero-order valence-corrected chi connectivity index (χ0v) is 15.0. The molecular formula is C17H14N4O8. The van der Waals surface area contributed by atoms with Crippen LogP contribution < -0.4 is 11.2 Å². The summed E-state index contributed by atoms with van der Waals surface area (Å²) in [5, 5.41) is 11.0. The van der Waals surface area contributed by atoms with E-state index in [1.165, 1.54) is 19.1 Å². The van der Waals surface area contributed by atoms with Crippen LogP contribution in [0.4, 0.5) is 5.69 Å². The highest BCUT2D eigenvalue weighted by molar-refractivity contribution is 6.22. The van der Waals surface area contributed by atoms with Gasteiger partial charge < -0.3 is 4.74 Å². The molecular weight excluding hydrogens is 388 g/mol. The van der Waals surface area contributed by atoms with E-state index in [2.05, 4.69) is 0 Å². The fourth-order valence-electron chi connectivity index (χ4n) is 2.94. The molecule has 1 aliphatic rings. The molecule has 1 aromatic carbocycles. The Bertz CT molecular complexity index is 1110. The number of rotatable bonds is 6.